The fourth-order valence-electron chi connectivity index (χ4n) is 5.75. The van der Waals surface area contributed by atoms with Gasteiger partial charge in [-0.25, -0.2) is 0 Å². The van der Waals surface area contributed by atoms with Crippen LogP contribution in [0.25, 0.3) is 5.57 Å². The summed E-state index contributed by atoms with van der Waals surface area (Å²) in [7, 11) is 0. The van der Waals surface area contributed by atoms with Crippen molar-refractivity contribution < 1.29 is 40.2 Å². The van der Waals surface area contributed by atoms with E-state index in [-0.39, 0.29) is 41.7 Å². The minimum Gasteiger partial charge on any atom is -0.507 e. The van der Waals surface area contributed by atoms with Crippen molar-refractivity contribution in [3.8, 4) is 17.2 Å². The largest absolute Gasteiger partial charge is 0.507 e. The molecule has 0 aliphatic heterocycles. The van der Waals surface area contributed by atoms with Crippen LogP contribution in [0.2, 0.25) is 0 Å². The van der Waals surface area contributed by atoms with Gasteiger partial charge >= 0.3 is 0 Å². The number of phenols is 3. The molecule has 2 aliphatic rings. The molecule has 0 spiro atoms. The molecule has 45 heavy (non-hydrogen) atoms. The first kappa shape index (κ1) is 29.1. The molecule has 0 heterocycles. The van der Waals surface area contributed by atoms with Crippen LogP contribution in [0.15, 0.2) is 131 Å². The standard InChI is InChI=1S/C37H28O8/c38-26-19-27(39)28(33(41)23(26)16-20-10-4-1-5-11-20)29-36(44)31(37(29)45)30-34(42)24(17-21-12-6-2-7-13-21)32(40)25(35(30)43)18-22-14-8-3-9-15-22/h1-15,19,38,40-44H,16-18H2/b29-28-. The smallest absolute Gasteiger partial charge is 0.202 e. The number of hydrogen-bond acceptors (Lipinski definition) is 8. The lowest BCUT2D eigenvalue weighted by molar-refractivity contribution is -0.114. The number of hydrogen-bond donors (Lipinski definition) is 6. The lowest BCUT2D eigenvalue weighted by atomic mass is 9.76. The van der Waals surface area contributed by atoms with E-state index in [1.807, 2.05) is 12.1 Å². The van der Waals surface area contributed by atoms with Gasteiger partial charge in [-0.05, 0) is 16.7 Å². The average Bonchev–Trinajstić information content (AvgIpc) is 3.05. The molecule has 0 atom stereocenters. The molecule has 8 heteroatoms. The van der Waals surface area contributed by atoms with Gasteiger partial charge in [0.2, 0.25) is 5.78 Å². The number of benzene rings is 4. The summed E-state index contributed by atoms with van der Waals surface area (Å²) in [6.07, 6.45) is 0.984. The van der Waals surface area contributed by atoms with E-state index in [2.05, 4.69) is 0 Å². The number of aromatic hydroxyl groups is 3. The van der Waals surface area contributed by atoms with Crippen LogP contribution < -0.4 is 0 Å². The maximum absolute atomic E-state index is 13.7. The van der Waals surface area contributed by atoms with E-state index in [1.165, 1.54) is 0 Å². The highest BCUT2D eigenvalue weighted by Crippen LogP contribution is 2.52. The Kier molecular flexibility index (Phi) is 7.48. The Hall–Kier alpha value is -6.02. The molecule has 0 amide bonds. The van der Waals surface area contributed by atoms with E-state index < -0.39 is 62.6 Å². The summed E-state index contributed by atoms with van der Waals surface area (Å²) in [5, 5.41) is 66.9. The van der Waals surface area contributed by atoms with Crippen molar-refractivity contribution in [2.45, 2.75) is 19.3 Å². The molecule has 6 N–H and O–H groups in total. The molecule has 0 radical (unpaired) electrons. The van der Waals surface area contributed by atoms with Crippen molar-refractivity contribution in [2.24, 2.45) is 0 Å². The van der Waals surface area contributed by atoms with Crippen LogP contribution >= 0.6 is 0 Å². The van der Waals surface area contributed by atoms with Crippen LogP contribution in [0, 0.1) is 0 Å². The number of aliphatic hydroxyl groups is 3. The second-order valence-electron chi connectivity index (χ2n) is 10.9. The second-order valence-corrected chi connectivity index (χ2v) is 10.9. The first-order chi connectivity index (χ1) is 21.7. The Bertz CT molecular complexity index is 1910. The van der Waals surface area contributed by atoms with E-state index in [1.54, 1.807) is 78.9 Å². The molecule has 4 aromatic rings. The fraction of sp³-hybridized carbons (Fsp3) is 0.0811. The minimum atomic E-state index is -0.913. The predicted molar refractivity (Wildman–Crippen MR) is 167 cm³/mol. The van der Waals surface area contributed by atoms with Gasteiger partial charge in [-0.1, -0.05) is 91.0 Å². The van der Waals surface area contributed by atoms with E-state index in [4.69, 9.17) is 0 Å². The number of carbonyl (C=O) groups excluding carboxylic acids is 2. The molecule has 8 nitrogen and oxygen atoms in total. The van der Waals surface area contributed by atoms with Crippen molar-refractivity contribution in [1.29, 1.82) is 0 Å². The number of carbonyl (C=O) groups is 2. The number of aliphatic hydroxyl groups excluding tert-OH is 3. The molecule has 0 saturated heterocycles. The van der Waals surface area contributed by atoms with Crippen molar-refractivity contribution in [2.75, 3.05) is 0 Å². The lowest BCUT2D eigenvalue weighted by Crippen LogP contribution is -2.27. The quantitative estimate of drug-likeness (QED) is 0.137. The zero-order valence-corrected chi connectivity index (χ0v) is 23.9. The van der Waals surface area contributed by atoms with Gasteiger partial charge in [0.25, 0.3) is 0 Å². The summed E-state index contributed by atoms with van der Waals surface area (Å²) in [4.78, 5) is 26.7. The number of ketones is 2. The summed E-state index contributed by atoms with van der Waals surface area (Å²) in [5.74, 6) is -5.24. The van der Waals surface area contributed by atoms with E-state index in [0.29, 0.717) is 5.56 Å². The molecule has 0 saturated carbocycles. The van der Waals surface area contributed by atoms with Crippen LogP contribution in [0.1, 0.15) is 33.4 Å². The average molecular weight is 601 g/mol. The highest BCUT2D eigenvalue weighted by Gasteiger charge is 2.44. The Morgan fingerprint density at radius 2 is 0.911 bits per heavy atom. The van der Waals surface area contributed by atoms with Crippen LogP contribution in [-0.2, 0) is 28.9 Å². The number of allylic oxidation sites excluding steroid dienone is 5. The van der Waals surface area contributed by atoms with Gasteiger partial charge < -0.3 is 30.6 Å². The van der Waals surface area contributed by atoms with Gasteiger partial charge in [0, 0.05) is 42.0 Å². The highest BCUT2D eigenvalue weighted by molar-refractivity contribution is 6.42. The summed E-state index contributed by atoms with van der Waals surface area (Å²) in [5.41, 5.74) is 0.341. The Labute approximate surface area is 258 Å². The van der Waals surface area contributed by atoms with Crippen molar-refractivity contribution in [3.63, 3.8) is 0 Å². The molecule has 4 aromatic carbocycles. The van der Waals surface area contributed by atoms with Crippen LogP contribution in [-0.4, -0.2) is 42.2 Å². The second kappa shape index (κ2) is 11.6. The Morgan fingerprint density at radius 1 is 0.467 bits per heavy atom. The van der Waals surface area contributed by atoms with Gasteiger partial charge in [-0.2, -0.15) is 0 Å². The molecule has 0 bridgehead atoms. The predicted octanol–water partition coefficient (Wildman–Crippen LogP) is 6.21. The molecular formula is C37H28O8. The molecule has 0 aromatic heterocycles. The third-order valence-corrected chi connectivity index (χ3v) is 8.06. The van der Waals surface area contributed by atoms with Crippen LogP contribution in [0.3, 0.4) is 0 Å². The van der Waals surface area contributed by atoms with Gasteiger partial charge in [-0.15, -0.1) is 0 Å². The molecule has 224 valence electrons. The third-order valence-electron chi connectivity index (χ3n) is 8.06. The van der Waals surface area contributed by atoms with Gasteiger partial charge in [0.1, 0.15) is 34.5 Å². The normalized spacial score (nSPS) is 16.6. The zero-order chi connectivity index (χ0) is 31.8. The SMILES string of the molecule is O=C1C=C(O)C(Cc2ccccc2)=C(O)/C1=C1\C(=O)C(c2c(O)c(Cc3ccccc3)c(O)c(Cc3ccccc3)c2O)=C1O. The monoisotopic (exact) mass is 600 g/mol. The van der Waals surface area contributed by atoms with Gasteiger partial charge in [-0.3, -0.25) is 9.59 Å². The maximum Gasteiger partial charge on any atom is 0.202 e. The zero-order valence-electron chi connectivity index (χ0n) is 23.9. The van der Waals surface area contributed by atoms with Crippen LogP contribution in [0.4, 0.5) is 0 Å². The lowest BCUT2D eigenvalue weighted by Gasteiger charge is -2.28. The third kappa shape index (κ3) is 5.12. The van der Waals surface area contributed by atoms with E-state index in [9.17, 15) is 40.2 Å². The maximum atomic E-state index is 13.7. The van der Waals surface area contributed by atoms with Crippen molar-refractivity contribution in [1.82, 2.24) is 0 Å². The van der Waals surface area contributed by atoms with Crippen molar-refractivity contribution in [3.05, 3.63) is 164 Å². The number of phenolic OH excluding ortho intramolecular Hbond substituents is 3. The molecule has 0 fully saturated rings. The van der Waals surface area contributed by atoms with Crippen LogP contribution in [0.5, 0.6) is 17.2 Å². The molecular weight excluding hydrogens is 572 g/mol. The highest BCUT2D eigenvalue weighted by atomic mass is 16.3. The minimum absolute atomic E-state index is 0.0111. The Morgan fingerprint density at radius 3 is 1.36 bits per heavy atom. The first-order valence-electron chi connectivity index (χ1n) is 14.2. The van der Waals surface area contributed by atoms with Gasteiger partial charge in [0.15, 0.2) is 5.78 Å². The summed E-state index contributed by atoms with van der Waals surface area (Å²) >= 11 is 0. The molecule has 6 rings (SSSR count). The fourth-order valence-corrected chi connectivity index (χ4v) is 5.75. The van der Waals surface area contributed by atoms with Gasteiger partial charge in [0.05, 0.1) is 22.3 Å². The van der Waals surface area contributed by atoms with Crippen molar-refractivity contribution >= 4 is 17.1 Å². The molecule has 2 aliphatic carbocycles. The topological polar surface area (TPSA) is 156 Å². The number of Topliss-reactive ketones (excluding diaryl/α,β-unsaturated/α-hetero) is 1. The van der Waals surface area contributed by atoms with E-state index in [0.717, 1.165) is 17.2 Å². The number of rotatable bonds is 7. The summed E-state index contributed by atoms with van der Waals surface area (Å²) in [6.45, 7) is 0. The van der Waals surface area contributed by atoms with E-state index >= 15 is 0 Å². The molecule has 0 unspecified atom stereocenters. The summed E-state index contributed by atoms with van der Waals surface area (Å²) in [6, 6.07) is 26.8. The first-order valence-corrected chi connectivity index (χ1v) is 14.2. The summed E-state index contributed by atoms with van der Waals surface area (Å²) < 4.78 is 0. The Balaban J connectivity index is 1.52.